The van der Waals surface area contributed by atoms with E-state index >= 15 is 0 Å². The van der Waals surface area contributed by atoms with Crippen molar-refractivity contribution in [3.8, 4) is 6.07 Å². The second kappa shape index (κ2) is 6.83. The zero-order valence-electron chi connectivity index (χ0n) is 11.5. The second-order valence-electron chi connectivity index (χ2n) is 4.78. The molecule has 0 radical (unpaired) electrons. The predicted octanol–water partition coefficient (Wildman–Crippen LogP) is 3.34. The Hall–Kier alpha value is -2.18. The standard InChI is InChI=1S/C17H17FN2/c1-13-4-2-3-5-15(13)8-9-20-12-14-6-7-17(18)16(10-14)11-19/h2-7,10,20H,8-9,12H2,1H3. The van der Waals surface area contributed by atoms with Crippen molar-refractivity contribution in [2.45, 2.75) is 19.9 Å². The van der Waals surface area contributed by atoms with Crippen molar-refractivity contribution in [3.05, 3.63) is 70.5 Å². The van der Waals surface area contributed by atoms with Gasteiger partial charge in [-0.05, 0) is 48.7 Å². The van der Waals surface area contributed by atoms with Crippen molar-refractivity contribution in [2.24, 2.45) is 0 Å². The molecule has 0 fully saturated rings. The average Bonchev–Trinajstić information content (AvgIpc) is 2.47. The summed E-state index contributed by atoms with van der Waals surface area (Å²) in [6, 6.07) is 14.8. The molecule has 0 unspecified atom stereocenters. The lowest BCUT2D eigenvalue weighted by Gasteiger charge is -2.07. The molecule has 0 saturated carbocycles. The van der Waals surface area contributed by atoms with E-state index in [-0.39, 0.29) is 5.56 Å². The minimum Gasteiger partial charge on any atom is -0.312 e. The van der Waals surface area contributed by atoms with Crippen molar-refractivity contribution < 1.29 is 4.39 Å². The first kappa shape index (κ1) is 14.2. The summed E-state index contributed by atoms with van der Waals surface area (Å²) in [6.45, 7) is 3.60. The maximum Gasteiger partial charge on any atom is 0.140 e. The Labute approximate surface area is 118 Å². The van der Waals surface area contributed by atoms with Gasteiger partial charge in [0.25, 0.3) is 0 Å². The molecule has 0 bridgehead atoms. The minimum absolute atomic E-state index is 0.100. The summed E-state index contributed by atoms with van der Waals surface area (Å²) in [4.78, 5) is 0. The van der Waals surface area contributed by atoms with Gasteiger partial charge >= 0.3 is 0 Å². The molecule has 102 valence electrons. The van der Waals surface area contributed by atoms with E-state index in [0.29, 0.717) is 6.54 Å². The van der Waals surface area contributed by atoms with Crippen molar-refractivity contribution in [1.82, 2.24) is 5.32 Å². The number of hydrogen-bond acceptors (Lipinski definition) is 2. The van der Waals surface area contributed by atoms with E-state index in [9.17, 15) is 4.39 Å². The fourth-order valence-corrected chi connectivity index (χ4v) is 2.11. The van der Waals surface area contributed by atoms with Crippen molar-refractivity contribution in [1.29, 1.82) is 5.26 Å². The van der Waals surface area contributed by atoms with E-state index in [1.165, 1.54) is 17.2 Å². The van der Waals surface area contributed by atoms with Gasteiger partial charge < -0.3 is 5.32 Å². The van der Waals surface area contributed by atoms with E-state index in [0.717, 1.165) is 18.5 Å². The Balaban J connectivity index is 1.85. The molecule has 1 N–H and O–H groups in total. The Morgan fingerprint density at radius 2 is 2.00 bits per heavy atom. The molecule has 0 aliphatic rings. The minimum atomic E-state index is -0.462. The van der Waals surface area contributed by atoms with Gasteiger partial charge in [0.1, 0.15) is 11.9 Å². The van der Waals surface area contributed by atoms with Crippen LogP contribution in [0.5, 0.6) is 0 Å². The molecule has 0 aromatic heterocycles. The molecule has 0 atom stereocenters. The van der Waals surface area contributed by atoms with Gasteiger partial charge in [-0.2, -0.15) is 5.26 Å². The Morgan fingerprint density at radius 1 is 1.20 bits per heavy atom. The highest BCUT2D eigenvalue weighted by atomic mass is 19.1. The van der Waals surface area contributed by atoms with E-state index in [2.05, 4.69) is 24.4 Å². The number of aryl methyl sites for hydroxylation is 1. The van der Waals surface area contributed by atoms with Crippen LogP contribution in [-0.2, 0) is 13.0 Å². The van der Waals surface area contributed by atoms with Crippen molar-refractivity contribution >= 4 is 0 Å². The Kier molecular flexibility index (Phi) is 4.86. The lowest BCUT2D eigenvalue weighted by atomic mass is 10.1. The zero-order chi connectivity index (χ0) is 14.4. The number of nitrogens with one attached hydrogen (secondary N) is 1. The monoisotopic (exact) mass is 268 g/mol. The summed E-state index contributed by atoms with van der Waals surface area (Å²) < 4.78 is 13.2. The van der Waals surface area contributed by atoms with Gasteiger partial charge in [-0.3, -0.25) is 0 Å². The molecule has 0 saturated heterocycles. The van der Waals surface area contributed by atoms with Gasteiger partial charge in [0, 0.05) is 6.54 Å². The van der Waals surface area contributed by atoms with Crippen LogP contribution in [0.1, 0.15) is 22.3 Å². The van der Waals surface area contributed by atoms with Crippen LogP contribution in [0.25, 0.3) is 0 Å². The van der Waals surface area contributed by atoms with E-state index in [1.807, 2.05) is 18.2 Å². The maximum atomic E-state index is 13.2. The normalized spacial score (nSPS) is 10.2. The van der Waals surface area contributed by atoms with Crippen LogP contribution in [0.3, 0.4) is 0 Å². The molecule has 0 aliphatic carbocycles. The molecule has 0 heterocycles. The van der Waals surface area contributed by atoms with E-state index < -0.39 is 5.82 Å². The average molecular weight is 268 g/mol. The molecule has 2 aromatic rings. The summed E-state index contributed by atoms with van der Waals surface area (Å²) >= 11 is 0. The van der Waals surface area contributed by atoms with Gasteiger partial charge in [-0.1, -0.05) is 30.3 Å². The van der Waals surface area contributed by atoms with Gasteiger partial charge in [-0.15, -0.1) is 0 Å². The highest BCUT2D eigenvalue weighted by Gasteiger charge is 2.02. The smallest absolute Gasteiger partial charge is 0.140 e. The van der Waals surface area contributed by atoms with Crippen molar-refractivity contribution in [3.63, 3.8) is 0 Å². The number of rotatable bonds is 5. The van der Waals surface area contributed by atoms with E-state index in [4.69, 9.17) is 5.26 Å². The first-order chi connectivity index (χ1) is 9.70. The molecule has 3 heteroatoms. The number of benzene rings is 2. The van der Waals surface area contributed by atoms with Crippen LogP contribution >= 0.6 is 0 Å². The number of nitrogens with zero attached hydrogens (tertiary/aromatic N) is 1. The van der Waals surface area contributed by atoms with Crippen LogP contribution < -0.4 is 5.32 Å². The lowest BCUT2D eigenvalue weighted by Crippen LogP contribution is -2.17. The Bertz CT molecular complexity index is 629. The number of nitriles is 1. The summed E-state index contributed by atoms with van der Waals surface area (Å²) in [5, 5.41) is 12.1. The summed E-state index contributed by atoms with van der Waals surface area (Å²) in [7, 11) is 0. The number of halogens is 1. The molecule has 2 nitrogen and oxygen atoms in total. The van der Waals surface area contributed by atoms with Crippen molar-refractivity contribution in [2.75, 3.05) is 6.54 Å². The molecule has 20 heavy (non-hydrogen) atoms. The van der Waals surface area contributed by atoms with E-state index in [1.54, 1.807) is 12.1 Å². The fraction of sp³-hybridized carbons (Fsp3) is 0.235. The third kappa shape index (κ3) is 3.66. The summed E-state index contributed by atoms with van der Waals surface area (Å²) in [5.41, 5.74) is 3.65. The van der Waals surface area contributed by atoms with Gasteiger partial charge in [0.2, 0.25) is 0 Å². The third-order valence-electron chi connectivity index (χ3n) is 3.31. The fourth-order valence-electron chi connectivity index (χ4n) is 2.11. The molecule has 0 spiro atoms. The predicted molar refractivity (Wildman–Crippen MR) is 77.7 cm³/mol. The molecule has 0 aliphatic heterocycles. The topological polar surface area (TPSA) is 35.8 Å². The molecule has 2 aromatic carbocycles. The largest absolute Gasteiger partial charge is 0.312 e. The third-order valence-corrected chi connectivity index (χ3v) is 3.31. The highest BCUT2D eigenvalue weighted by molar-refractivity contribution is 5.34. The van der Waals surface area contributed by atoms with Crippen LogP contribution in [0.4, 0.5) is 4.39 Å². The highest BCUT2D eigenvalue weighted by Crippen LogP contribution is 2.10. The first-order valence-electron chi connectivity index (χ1n) is 6.64. The molecule has 2 rings (SSSR count). The zero-order valence-corrected chi connectivity index (χ0v) is 11.5. The maximum absolute atomic E-state index is 13.2. The Morgan fingerprint density at radius 3 is 2.75 bits per heavy atom. The summed E-state index contributed by atoms with van der Waals surface area (Å²) in [5.74, 6) is -0.462. The molecule has 0 amide bonds. The molecular weight excluding hydrogens is 251 g/mol. The van der Waals surface area contributed by atoms with Gasteiger partial charge in [-0.25, -0.2) is 4.39 Å². The lowest BCUT2D eigenvalue weighted by molar-refractivity contribution is 0.621. The molecular formula is C17H17FN2. The first-order valence-corrected chi connectivity index (χ1v) is 6.64. The van der Waals surface area contributed by atoms with Gasteiger partial charge in [0.15, 0.2) is 0 Å². The van der Waals surface area contributed by atoms with Crippen LogP contribution in [-0.4, -0.2) is 6.54 Å². The second-order valence-corrected chi connectivity index (χ2v) is 4.78. The van der Waals surface area contributed by atoms with Gasteiger partial charge in [0.05, 0.1) is 5.56 Å². The van der Waals surface area contributed by atoms with Crippen LogP contribution in [0, 0.1) is 24.1 Å². The van der Waals surface area contributed by atoms with Crippen LogP contribution in [0.2, 0.25) is 0 Å². The van der Waals surface area contributed by atoms with Crippen LogP contribution in [0.15, 0.2) is 42.5 Å². The summed E-state index contributed by atoms with van der Waals surface area (Å²) in [6.07, 6.45) is 0.957. The SMILES string of the molecule is Cc1ccccc1CCNCc1ccc(F)c(C#N)c1. The number of hydrogen-bond donors (Lipinski definition) is 1. The quantitative estimate of drug-likeness (QED) is 0.844.